The molecule has 0 unspecified atom stereocenters. The lowest BCUT2D eigenvalue weighted by Gasteiger charge is -2.22. The molecule has 1 aliphatic rings. The quantitative estimate of drug-likeness (QED) is 0.853. The van der Waals surface area contributed by atoms with Crippen LogP contribution in [0, 0.1) is 11.8 Å². The van der Waals surface area contributed by atoms with Crippen LogP contribution in [0.15, 0.2) is 47.1 Å². The van der Waals surface area contributed by atoms with E-state index in [4.69, 9.17) is 4.74 Å². The molecule has 1 heterocycles. The van der Waals surface area contributed by atoms with Gasteiger partial charge in [0.15, 0.2) is 0 Å². The number of nitrogens with one attached hydrogen (secondary N) is 1. The number of hydrogen-bond acceptors (Lipinski definition) is 3. The van der Waals surface area contributed by atoms with Crippen molar-refractivity contribution < 1.29 is 9.53 Å². The van der Waals surface area contributed by atoms with Gasteiger partial charge >= 0.3 is 0 Å². The van der Waals surface area contributed by atoms with E-state index in [1.165, 1.54) is 7.11 Å². The zero-order valence-corrected chi connectivity index (χ0v) is 13.1. The standard InChI is InChI=1S/C18H20N2O2/c1-18(2,22-3)17(21)20-16-12-11-15(13-19-16)10-9-14-7-5-4-6-8-14/h4-8,13H,11-12H2,1-3H3,(H,19,20,21). The van der Waals surface area contributed by atoms with Crippen LogP contribution in [0.5, 0.6) is 0 Å². The van der Waals surface area contributed by atoms with Crippen LogP contribution in [0.1, 0.15) is 32.3 Å². The number of rotatable bonds is 2. The molecular weight excluding hydrogens is 276 g/mol. The first kappa shape index (κ1) is 16.0. The fourth-order valence-electron chi connectivity index (χ4n) is 1.78. The van der Waals surface area contributed by atoms with E-state index in [2.05, 4.69) is 22.2 Å². The Bertz CT molecular complexity index is 661. The molecule has 0 aromatic heterocycles. The van der Waals surface area contributed by atoms with Crippen molar-refractivity contribution in [1.29, 1.82) is 0 Å². The van der Waals surface area contributed by atoms with E-state index in [0.717, 1.165) is 17.6 Å². The minimum Gasteiger partial charge on any atom is -0.369 e. The Morgan fingerprint density at radius 3 is 2.55 bits per heavy atom. The molecule has 0 spiro atoms. The Labute approximate surface area is 131 Å². The van der Waals surface area contributed by atoms with Gasteiger partial charge in [-0.3, -0.25) is 4.79 Å². The fraction of sp³-hybridized carbons (Fsp3) is 0.333. The average molecular weight is 296 g/mol. The summed E-state index contributed by atoms with van der Waals surface area (Å²) in [5.41, 5.74) is 1.08. The Kier molecular flexibility index (Phi) is 5.13. The number of methoxy groups -OCH3 is 1. The molecule has 0 atom stereocenters. The predicted octanol–water partition coefficient (Wildman–Crippen LogP) is 2.66. The lowest BCUT2D eigenvalue weighted by atomic mass is 10.1. The van der Waals surface area contributed by atoms with Crippen molar-refractivity contribution in [3.63, 3.8) is 0 Å². The minimum absolute atomic E-state index is 0.194. The molecule has 1 N–H and O–H groups in total. The topological polar surface area (TPSA) is 50.7 Å². The zero-order chi connectivity index (χ0) is 16.0. The number of amides is 1. The van der Waals surface area contributed by atoms with Crippen molar-refractivity contribution in [3.8, 4) is 11.8 Å². The molecule has 0 bridgehead atoms. The van der Waals surface area contributed by atoms with Crippen molar-refractivity contribution in [3.05, 3.63) is 47.7 Å². The summed E-state index contributed by atoms with van der Waals surface area (Å²) in [7, 11) is 1.51. The molecule has 0 saturated heterocycles. The lowest BCUT2D eigenvalue weighted by Crippen LogP contribution is -2.46. The Hall–Kier alpha value is -2.38. The Morgan fingerprint density at radius 2 is 1.95 bits per heavy atom. The van der Waals surface area contributed by atoms with Crippen molar-refractivity contribution in [2.24, 2.45) is 4.99 Å². The lowest BCUT2D eigenvalue weighted by molar-refractivity contribution is -0.137. The number of allylic oxidation sites excluding steroid dienone is 1. The first-order valence-corrected chi connectivity index (χ1v) is 7.20. The molecule has 1 aromatic carbocycles. The summed E-state index contributed by atoms with van der Waals surface area (Å²) in [5, 5.41) is 2.80. The summed E-state index contributed by atoms with van der Waals surface area (Å²) in [6.45, 7) is 3.44. The molecule has 0 saturated carbocycles. The van der Waals surface area contributed by atoms with Crippen molar-refractivity contribution in [1.82, 2.24) is 5.32 Å². The monoisotopic (exact) mass is 296 g/mol. The highest BCUT2D eigenvalue weighted by atomic mass is 16.5. The van der Waals surface area contributed by atoms with Crippen molar-refractivity contribution in [2.75, 3.05) is 7.11 Å². The van der Waals surface area contributed by atoms with Gasteiger partial charge < -0.3 is 10.1 Å². The summed E-state index contributed by atoms with van der Waals surface area (Å²) >= 11 is 0. The molecule has 4 heteroatoms. The second-order valence-electron chi connectivity index (χ2n) is 5.51. The smallest absolute Gasteiger partial charge is 0.256 e. The van der Waals surface area contributed by atoms with Crippen LogP contribution in [0.25, 0.3) is 0 Å². The van der Waals surface area contributed by atoms with Gasteiger partial charge in [-0.1, -0.05) is 30.0 Å². The van der Waals surface area contributed by atoms with Crippen LogP contribution in [-0.2, 0) is 9.53 Å². The number of nitrogens with zero attached hydrogens (tertiary/aromatic N) is 1. The van der Waals surface area contributed by atoms with E-state index in [9.17, 15) is 4.79 Å². The van der Waals surface area contributed by atoms with Crippen LogP contribution in [-0.4, -0.2) is 24.5 Å². The van der Waals surface area contributed by atoms with Gasteiger partial charge in [-0.2, -0.15) is 0 Å². The summed E-state index contributed by atoms with van der Waals surface area (Å²) in [6.07, 6.45) is 3.15. The summed E-state index contributed by atoms with van der Waals surface area (Å²) in [5.74, 6) is 6.69. The molecule has 114 valence electrons. The highest BCUT2D eigenvalue weighted by Gasteiger charge is 2.28. The zero-order valence-electron chi connectivity index (χ0n) is 13.1. The van der Waals surface area contributed by atoms with Gasteiger partial charge in [0.1, 0.15) is 11.4 Å². The van der Waals surface area contributed by atoms with E-state index >= 15 is 0 Å². The number of carbonyl (C=O) groups is 1. The van der Waals surface area contributed by atoms with Gasteiger partial charge in [0, 0.05) is 30.9 Å². The van der Waals surface area contributed by atoms with E-state index < -0.39 is 5.60 Å². The normalized spacial score (nSPS) is 14.3. The molecule has 1 aliphatic heterocycles. The molecule has 0 fully saturated rings. The van der Waals surface area contributed by atoms with Crippen LogP contribution >= 0.6 is 0 Å². The molecule has 0 aliphatic carbocycles. The first-order valence-electron chi connectivity index (χ1n) is 7.20. The predicted molar refractivity (Wildman–Crippen MR) is 87.3 cm³/mol. The summed E-state index contributed by atoms with van der Waals surface area (Å²) in [6, 6.07) is 9.83. The first-order chi connectivity index (χ1) is 10.5. The summed E-state index contributed by atoms with van der Waals surface area (Å²) in [4.78, 5) is 16.3. The van der Waals surface area contributed by atoms with Crippen LogP contribution < -0.4 is 5.32 Å². The van der Waals surface area contributed by atoms with Crippen LogP contribution in [0.4, 0.5) is 0 Å². The second kappa shape index (κ2) is 7.06. The molecule has 0 radical (unpaired) electrons. The van der Waals surface area contributed by atoms with E-state index in [1.54, 1.807) is 20.0 Å². The number of carbonyl (C=O) groups excluding carboxylic acids is 1. The second-order valence-corrected chi connectivity index (χ2v) is 5.51. The fourth-order valence-corrected chi connectivity index (χ4v) is 1.78. The third-order valence-corrected chi connectivity index (χ3v) is 3.46. The molecular formula is C18H20N2O2. The molecule has 22 heavy (non-hydrogen) atoms. The highest BCUT2D eigenvalue weighted by molar-refractivity contribution is 6.02. The van der Waals surface area contributed by atoms with E-state index in [-0.39, 0.29) is 5.91 Å². The average Bonchev–Trinajstić information content (AvgIpc) is 2.55. The summed E-state index contributed by atoms with van der Waals surface area (Å²) < 4.78 is 5.14. The largest absolute Gasteiger partial charge is 0.369 e. The van der Waals surface area contributed by atoms with Gasteiger partial charge in [-0.05, 0) is 32.4 Å². The molecule has 1 amide bonds. The number of ether oxygens (including phenoxy) is 1. The van der Waals surface area contributed by atoms with Gasteiger partial charge in [0.2, 0.25) is 0 Å². The molecule has 1 aromatic rings. The maximum Gasteiger partial charge on any atom is 0.256 e. The van der Waals surface area contributed by atoms with Gasteiger partial charge in [0.25, 0.3) is 5.91 Å². The number of aliphatic imine (C=N–C) groups is 1. The van der Waals surface area contributed by atoms with Gasteiger partial charge in [-0.15, -0.1) is 0 Å². The maximum atomic E-state index is 12.0. The maximum absolute atomic E-state index is 12.0. The molecule has 4 nitrogen and oxygen atoms in total. The van der Waals surface area contributed by atoms with Gasteiger partial charge in [0.05, 0.1) is 0 Å². The third kappa shape index (κ3) is 4.31. The Balaban J connectivity index is 2.00. The van der Waals surface area contributed by atoms with E-state index in [0.29, 0.717) is 12.3 Å². The highest BCUT2D eigenvalue weighted by Crippen LogP contribution is 2.13. The third-order valence-electron chi connectivity index (χ3n) is 3.46. The van der Waals surface area contributed by atoms with Crippen molar-refractivity contribution >= 4 is 11.7 Å². The van der Waals surface area contributed by atoms with Crippen molar-refractivity contribution in [2.45, 2.75) is 32.3 Å². The number of amidine groups is 1. The number of hydrogen-bond donors (Lipinski definition) is 1. The Morgan fingerprint density at radius 1 is 1.23 bits per heavy atom. The van der Waals surface area contributed by atoms with E-state index in [1.807, 2.05) is 30.3 Å². The SMILES string of the molecule is COC(C)(C)C(=O)NC1=NC=C(C#Cc2ccccc2)CC1. The number of benzene rings is 1. The minimum atomic E-state index is -0.861. The molecule has 2 rings (SSSR count). The van der Waals surface area contributed by atoms with Crippen LogP contribution in [0.3, 0.4) is 0 Å². The van der Waals surface area contributed by atoms with Crippen LogP contribution in [0.2, 0.25) is 0 Å². The van der Waals surface area contributed by atoms with Gasteiger partial charge in [-0.25, -0.2) is 4.99 Å².